The van der Waals surface area contributed by atoms with Gasteiger partial charge >= 0.3 is 0 Å². The molecule has 7 heteroatoms. The molecule has 0 bridgehead atoms. The van der Waals surface area contributed by atoms with Crippen LogP contribution in [-0.4, -0.2) is 27.7 Å². The van der Waals surface area contributed by atoms with E-state index < -0.39 is 20.7 Å². The average Bonchev–Trinajstić information content (AvgIpc) is 2.40. The van der Waals surface area contributed by atoms with E-state index >= 15 is 0 Å². The molecule has 1 N–H and O–H groups in total. The minimum atomic E-state index is -3.88. The Balaban J connectivity index is 2.06. The first-order valence-corrected chi connectivity index (χ1v) is 8.31. The van der Waals surface area contributed by atoms with Crippen LogP contribution < -0.4 is 4.72 Å². The standard InChI is InChI=1S/C13H17ClFNO3S/c1-9-7-10(5-6-19-9)8-16-20(17,18)12-4-2-3-11(14)13(12)15/h2-4,9-10,16H,5-8H2,1H3/t9-,10-/m0/s1. The molecule has 112 valence electrons. The van der Waals surface area contributed by atoms with Crippen LogP contribution in [0.2, 0.25) is 5.02 Å². The molecular weight excluding hydrogens is 305 g/mol. The third-order valence-corrected chi connectivity index (χ3v) is 5.09. The largest absolute Gasteiger partial charge is 0.378 e. The molecule has 0 aliphatic carbocycles. The maximum Gasteiger partial charge on any atom is 0.243 e. The first kappa shape index (κ1) is 15.7. The second-order valence-electron chi connectivity index (χ2n) is 4.98. The number of hydrogen-bond acceptors (Lipinski definition) is 3. The fourth-order valence-electron chi connectivity index (χ4n) is 2.27. The number of hydrogen-bond donors (Lipinski definition) is 1. The van der Waals surface area contributed by atoms with E-state index in [2.05, 4.69) is 4.72 Å². The molecule has 0 amide bonds. The summed E-state index contributed by atoms with van der Waals surface area (Å²) in [4.78, 5) is -0.412. The molecule has 1 aromatic carbocycles. The lowest BCUT2D eigenvalue weighted by atomic mass is 9.97. The summed E-state index contributed by atoms with van der Waals surface area (Å²) in [7, 11) is -3.88. The summed E-state index contributed by atoms with van der Waals surface area (Å²) in [6, 6.07) is 3.93. The van der Waals surface area contributed by atoms with Crippen LogP contribution >= 0.6 is 11.6 Å². The van der Waals surface area contributed by atoms with Crippen molar-refractivity contribution in [3.05, 3.63) is 29.0 Å². The van der Waals surface area contributed by atoms with Gasteiger partial charge < -0.3 is 4.74 Å². The zero-order valence-corrected chi connectivity index (χ0v) is 12.7. The number of nitrogens with one attached hydrogen (secondary N) is 1. The fourth-order valence-corrected chi connectivity index (χ4v) is 3.72. The van der Waals surface area contributed by atoms with Gasteiger partial charge in [-0.3, -0.25) is 0 Å². The van der Waals surface area contributed by atoms with Crippen LogP contribution in [0.1, 0.15) is 19.8 Å². The molecule has 20 heavy (non-hydrogen) atoms. The predicted molar refractivity (Wildman–Crippen MR) is 74.7 cm³/mol. The topological polar surface area (TPSA) is 55.4 Å². The Morgan fingerprint density at radius 3 is 2.95 bits per heavy atom. The van der Waals surface area contributed by atoms with E-state index in [-0.39, 0.29) is 23.6 Å². The second-order valence-corrected chi connectivity index (χ2v) is 7.12. The van der Waals surface area contributed by atoms with Gasteiger partial charge in [0.05, 0.1) is 11.1 Å². The summed E-state index contributed by atoms with van der Waals surface area (Å²) in [6.07, 6.45) is 1.71. The van der Waals surface area contributed by atoms with Gasteiger partial charge in [-0.2, -0.15) is 0 Å². The van der Waals surface area contributed by atoms with Gasteiger partial charge in [0, 0.05) is 13.2 Å². The van der Waals surface area contributed by atoms with Crippen molar-refractivity contribution in [2.45, 2.75) is 30.8 Å². The van der Waals surface area contributed by atoms with Crippen LogP contribution in [0.25, 0.3) is 0 Å². The highest BCUT2D eigenvalue weighted by molar-refractivity contribution is 7.89. The molecule has 2 rings (SSSR count). The third-order valence-electron chi connectivity index (χ3n) is 3.36. The maximum atomic E-state index is 13.8. The van der Waals surface area contributed by atoms with Crippen LogP contribution in [0.3, 0.4) is 0 Å². The molecular formula is C13H17ClFNO3S. The van der Waals surface area contributed by atoms with Gasteiger partial charge in [-0.15, -0.1) is 0 Å². The Morgan fingerprint density at radius 1 is 1.50 bits per heavy atom. The summed E-state index contributed by atoms with van der Waals surface area (Å²) >= 11 is 5.60. The van der Waals surface area contributed by atoms with E-state index in [4.69, 9.17) is 16.3 Å². The Labute approximate surface area is 123 Å². The SMILES string of the molecule is C[C@H]1C[C@@H](CNS(=O)(=O)c2cccc(Cl)c2F)CCO1. The van der Waals surface area contributed by atoms with E-state index in [1.807, 2.05) is 6.92 Å². The van der Waals surface area contributed by atoms with Gasteiger partial charge in [0.2, 0.25) is 10.0 Å². The average molecular weight is 322 g/mol. The third kappa shape index (κ3) is 3.69. The normalized spacial score (nSPS) is 23.8. The molecule has 0 unspecified atom stereocenters. The van der Waals surface area contributed by atoms with Crippen molar-refractivity contribution < 1.29 is 17.5 Å². The molecule has 0 radical (unpaired) electrons. The van der Waals surface area contributed by atoms with Crippen molar-refractivity contribution >= 4 is 21.6 Å². The van der Waals surface area contributed by atoms with Gasteiger partial charge in [-0.05, 0) is 37.8 Å². The van der Waals surface area contributed by atoms with Crippen LogP contribution in [0.5, 0.6) is 0 Å². The minimum Gasteiger partial charge on any atom is -0.378 e. The van der Waals surface area contributed by atoms with E-state index in [1.54, 1.807) is 0 Å². The monoisotopic (exact) mass is 321 g/mol. The number of rotatable bonds is 4. The van der Waals surface area contributed by atoms with Crippen LogP contribution in [0.4, 0.5) is 4.39 Å². The molecule has 1 aliphatic rings. The number of ether oxygens (including phenoxy) is 1. The van der Waals surface area contributed by atoms with Crippen molar-refractivity contribution in [3.8, 4) is 0 Å². The fraction of sp³-hybridized carbons (Fsp3) is 0.538. The smallest absolute Gasteiger partial charge is 0.243 e. The molecule has 1 saturated heterocycles. The van der Waals surface area contributed by atoms with Crippen molar-refractivity contribution in [3.63, 3.8) is 0 Å². The Hall–Kier alpha value is -0.690. The molecule has 1 aromatic rings. The Bertz CT molecular complexity index is 579. The summed E-state index contributed by atoms with van der Waals surface area (Å²) < 4.78 is 45.8. The lowest BCUT2D eigenvalue weighted by Crippen LogP contribution is -2.34. The molecule has 2 atom stereocenters. The summed E-state index contributed by atoms with van der Waals surface area (Å²) in [5, 5.41) is -0.201. The number of sulfonamides is 1. The van der Waals surface area contributed by atoms with Crippen LogP contribution in [-0.2, 0) is 14.8 Å². The first-order chi connectivity index (χ1) is 9.40. The molecule has 4 nitrogen and oxygen atoms in total. The molecule has 1 aliphatic heterocycles. The quantitative estimate of drug-likeness (QED) is 0.927. The molecule has 1 heterocycles. The minimum absolute atomic E-state index is 0.126. The van der Waals surface area contributed by atoms with E-state index in [9.17, 15) is 12.8 Å². The van der Waals surface area contributed by atoms with E-state index in [0.717, 1.165) is 12.8 Å². The second kappa shape index (κ2) is 6.39. The molecule has 0 aromatic heterocycles. The lowest BCUT2D eigenvalue weighted by molar-refractivity contribution is 0.00397. The summed E-state index contributed by atoms with van der Waals surface area (Å²) in [5.41, 5.74) is 0. The van der Waals surface area contributed by atoms with Crippen LogP contribution in [0.15, 0.2) is 23.1 Å². The van der Waals surface area contributed by atoms with Crippen LogP contribution in [0, 0.1) is 11.7 Å². The van der Waals surface area contributed by atoms with E-state index in [0.29, 0.717) is 6.61 Å². The van der Waals surface area contributed by atoms with Gasteiger partial charge in [-0.25, -0.2) is 17.5 Å². The molecule has 0 spiro atoms. The van der Waals surface area contributed by atoms with Gasteiger partial charge in [-0.1, -0.05) is 17.7 Å². The first-order valence-electron chi connectivity index (χ1n) is 6.45. The maximum absolute atomic E-state index is 13.8. The zero-order chi connectivity index (χ0) is 14.8. The van der Waals surface area contributed by atoms with Gasteiger partial charge in [0.1, 0.15) is 4.90 Å². The summed E-state index contributed by atoms with van der Waals surface area (Å²) in [6.45, 7) is 2.86. The number of halogens is 2. The Morgan fingerprint density at radius 2 is 2.25 bits per heavy atom. The Kier molecular flexibility index (Phi) is 5.01. The zero-order valence-electron chi connectivity index (χ0n) is 11.1. The highest BCUT2D eigenvalue weighted by Gasteiger charge is 2.24. The van der Waals surface area contributed by atoms with Crippen molar-refractivity contribution in [1.82, 2.24) is 4.72 Å². The lowest BCUT2D eigenvalue weighted by Gasteiger charge is -2.27. The molecule has 1 fully saturated rings. The predicted octanol–water partition coefficient (Wildman–Crippen LogP) is 2.57. The highest BCUT2D eigenvalue weighted by Crippen LogP contribution is 2.23. The van der Waals surface area contributed by atoms with Gasteiger partial charge in [0.25, 0.3) is 0 Å². The van der Waals surface area contributed by atoms with Crippen molar-refractivity contribution in [2.75, 3.05) is 13.2 Å². The van der Waals surface area contributed by atoms with Gasteiger partial charge in [0.15, 0.2) is 5.82 Å². The van der Waals surface area contributed by atoms with E-state index in [1.165, 1.54) is 18.2 Å². The summed E-state index contributed by atoms with van der Waals surface area (Å²) in [5.74, 6) is -0.710. The number of benzene rings is 1. The van der Waals surface area contributed by atoms with Crippen molar-refractivity contribution in [1.29, 1.82) is 0 Å². The van der Waals surface area contributed by atoms with Crippen molar-refractivity contribution in [2.24, 2.45) is 5.92 Å². The highest BCUT2D eigenvalue weighted by atomic mass is 35.5. The molecule has 0 saturated carbocycles.